The van der Waals surface area contributed by atoms with E-state index in [1.807, 2.05) is 13.8 Å². The summed E-state index contributed by atoms with van der Waals surface area (Å²) in [4.78, 5) is 22.4. The average molecular weight is 565 g/mol. The molecule has 2 fully saturated rings. The fourth-order valence-corrected chi connectivity index (χ4v) is 7.17. The van der Waals surface area contributed by atoms with Crippen molar-refractivity contribution in [3.8, 4) is 17.1 Å². The van der Waals surface area contributed by atoms with Gasteiger partial charge in [0.1, 0.15) is 5.82 Å². The predicted octanol–water partition coefficient (Wildman–Crippen LogP) is 4.07. The number of aromatic nitrogens is 4. The number of nitrogens with one attached hydrogen (secondary N) is 1. The maximum Gasteiger partial charge on any atom is 0.333 e. The zero-order chi connectivity index (χ0) is 26.2. The quantitative estimate of drug-likeness (QED) is 0.464. The minimum absolute atomic E-state index is 0. The van der Waals surface area contributed by atoms with Crippen LogP contribution in [0, 0.1) is 11.7 Å². The van der Waals surface area contributed by atoms with E-state index in [2.05, 4.69) is 10.3 Å². The van der Waals surface area contributed by atoms with Gasteiger partial charge < -0.3 is 5.32 Å². The third-order valence-electron chi connectivity index (χ3n) is 7.10. The zero-order valence-corrected chi connectivity index (χ0v) is 23.2. The molecule has 0 bridgehead atoms. The molecule has 206 valence electrons. The number of halogens is 2. The van der Waals surface area contributed by atoms with Crippen LogP contribution in [0.15, 0.2) is 47.5 Å². The highest BCUT2D eigenvalue weighted by Crippen LogP contribution is 2.30. The van der Waals surface area contributed by atoms with Crippen LogP contribution in [0.4, 0.5) is 10.3 Å². The van der Waals surface area contributed by atoms with Crippen LogP contribution in [0.2, 0.25) is 0 Å². The van der Waals surface area contributed by atoms with Gasteiger partial charge in [0.05, 0.1) is 22.8 Å². The highest BCUT2D eigenvalue weighted by atomic mass is 35.5. The van der Waals surface area contributed by atoms with Gasteiger partial charge in [-0.1, -0.05) is 13.8 Å². The molecule has 1 N–H and O–H groups in total. The average Bonchev–Trinajstić information content (AvgIpc) is 3.38. The molecule has 5 rings (SSSR count). The van der Waals surface area contributed by atoms with Gasteiger partial charge in [0, 0.05) is 37.6 Å². The molecule has 1 saturated heterocycles. The number of rotatable bonds is 7. The lowest BCUT2D eigenvalue weighted by molar-refractivity contribution is 0.257. The van der Waals surface area contributed by atoms with E-state index in [0.717, 1.165) is 25.7 Å². The molecule has 1 aliphatic heterocycles. The Morgan fingerprint density at radius 1 is 1.11 bits per heavy atom. The summed E-state index contributed by atoms with van der Waals surface area (Å²) in [5, 5.41) is 3.41. The normalized spacial score (nSPS) is 21.4. The van der Waals surface area contributed by atoms with Gasteiger partial charge in [0.25, 0.3) is 0 Å². The molecule has 3 heterocycles. The van der Waals surface area contributed by atoms with Gasteiger partial charge in [-0.15, -0.1) is 12.4 Å². The van der Waals surface area contributed by atoms with Gasteiger partial charge in [-0.05, 0) is 68.4 Å². The van der Waals surface area contributed by atoms with E-state index in [-0.39, 0.29) is 47.7 Å². The van der Waals surface area contributed by atoms with Gasteiger partial charge in [-0.3, -0.25) is 9.13 Å². The molecule has 0 atom stereocenters. The Morgan fingerprint density at radius 2 is 1.82 bits per heavy atom. The summed E-state index contributed by atoms with van der Waals surface area (Å²) < 4.78 is 43.0. The smallest absolute Gasteiger partial charge is 0.333 e. The van der Waals surface area contributed by atoms with Crippen LogP contribution < -0.4 is 11.0 Å². The molecule has 38 heavy (non-hydrogen) atoms. The van der Waals surface area contributed by atoms with Crippen LogP contribution in [0.3, 0.4) is 0 Å². The SMILES string of the molecule is CC(C)Cn1cc(-c2ccnc(NC3CCC(N4CCCS4(=O)=O)CC3)n2)n(-c2ccc(F)cc2)c1=O.Cl. The highest BCUT2D eigenvalue weighted by Gasteiger charge is 2.36. The van der Waals surface area contributed by atoms with E-state index in [1.165, 1.54) is 12.1 Å². The standard InChI is InChI=1S/C26H33FN6O3S.ClH/c1-18(2)16-31-17-24(33(26(31)34)22-8-4-19(27)5-9-22)23-12-13-28-25(30-23)29-20-6-10-21(11-7-20)32-14-3-15-37(32,35)36;/h4-5,8-9,12-13,17-18,20-21H,3,6-7,10-11,14-16H2,1-2H3,(H,28,29,30);1H. The topological polar surface area (TPSA) is 102 Å². The van der Waals surface area contributed by atoms with Gasteiger partial charge in [0.15, 0.2) is 0 Å². The first-order chi connectivity index (χ1) is 17.7. The molecular formula is C26H34ClFN6O3S. The third kappa shape index (κ3) is 5.94. The monoisotopic (exact) mass is 564 g/mol. The van der Waals surface area contributed by atoms with Gasteiger partial charge in [-0.2, -0.15) is 4.31 Å². The fourth-order valence-electron chi connectivity index (χ4n) is 5.37. The molecule has 0 unspecified atom stereocenters. The molecule has 3 aromatic rings. The van der Waals surface area contributed by atoms with Crippen LogP contribution in [-0.4, -0.2) is 56.2 Å². The number of hydrogen-bond acceptors (Lipinski definition) is 6. The summed E-state index contributed by atoms with van der Waals surface area (Å²) in [5.74, 6) is 0.617. The second-order valence-electron chi connectivity index (χ2n) is 10.4. The van der Waals surface area contributed by atoms with Gasteiger partial charge in [-0.25, -0.2) is 27.6 Å². The number of anilines is 1. The fraction of sp³-hybridized carbons (Fsp3) is 0.500. The van der Waals surface area contributed by atoms with E-state index in [0.29, 0.717) is 42.5 Å². The molecule has 1 aromatic carbocycles. The molecule has 9 nitrogen and oxygen atoms in total. The van der Waals surface area contributed by atoms with E-state index < -0.39 is 10.0 Å². The lowest BCUT2D eigenvalue weighted by Crippen LogP contribution is -2.41. The van der Waals surface area contributed by atoms with E-state index in [1.54, 1.807) is 44.0 Å². The molecule has 1 saturated carbocycles. The molecule has 1 aliphatic carbocycles. The first kappa shape index (κ1) is 28.3. The van der Waals surface area contributed by atoms with Crippen molar-refractivity contribution in [1.82, 2.24) is 23.4 Å². The van der Waals surface area contributed by atoms with Crippen LogP contribution >= 0.6 is 12.4 Å². The lowest BCUT2D eigenvalue weighted by Gasteiger charge is -2.33. The van der Waals surface area contributed by atoms with E-state index in [9.17, 15) is 17.6 Å². The van der Waals surface area contributed by atoms with Crippen molar-refractivity contribution in [3.05, 3.63) is 59.0 Å². The molecule has 2 aliphatic rings. The first-order valence-corrected chi connectivity index (χ1v) is 14.5. The Balaban J connectivity index is 0.00000336. The number of nitrogens with zero attached hydrogens (tertiary/aromatic N) is 5. The zero-order valence-electron chi connectivity index (χ0n) is 21.6. The number of imidazole rings is 1. The van der Waals surface area contributed by atoms with Crippen LogP contribution in [0.25, 0.3) is 17.1 Å². The maximum absolute atomic E-state index is 13.6. The summed E-state index contributed by atoms with van der Waals surface area (Å²) in [6.07, 6.45) is 7.43. The molecule has 0 amide bonds. The minimum atomic E-state index is -3.10. The molecule has 2 aromatic heterocycles. The largest absolute Gasteiger partial charge is 0.351 e. The molecule has 0 radical (unpaired) electrons. The summed E-state index contributed by atoms with van der Waals surface area (Å²) in [6, 6.07) is 7.81. The lowest BCUT2D eigenvalue weighted by atomic mass is 9.91. The van der Waals surface area contributed by atoms with Crippen molar-refractivity contribution in [2.24, 2.45) is 5.92 Å². The van der Waals surface area contributed by atoms with E-state index >= 15 is 0 Å². The van der Waals surface area contributed by atoms with Crippen molar-refractivity contribution in [2.45, 2.75) is 64.6 Å². The number of sulfonamides is 1. The summed E-state index contributed by atoms with van der Waals surface area (Å²) in [5.41, 5.74) is 1.54. The summed E-state index contributed by atoms with van der Waals surface area (Å²) in [7, 11) is -3.10. The van der Waals surface area contributed by atoms with Crippen molar-refractivity contribution >= 4 is 28.4 Å². The Morgan fingerprint density at radius 3 is 2.45 bits per heavy atom. The number of hydrogen-bond donors (Lipinski definition) is 1. The first-order valence-electron chi connectivity index (χ1n) is 12.9. The van der Waals surface area contributed by atoms with E-state index in [4.69, 9.17) is 4.98 Å². The van der Waals surface area contributed by atoms with Crippen molar-refractivity contribution < 1.29 is 12.8 Å². The van der Waals surface area contributed by atoms with Crippen molar-refractivity contribution in [3.63, 3.8) is 0 Å². The van der Waals surface area contributed by atoms with Crippen LogP contribution in [0.1, 0.15) is 46.0 Å². The second-order valence-corrected chi connectivity index (χ2v) is 12.4. The maximum atomic E-state index is 13.6. The second kappa shape index (κ2) is 11.5. The Hall–Kier alpha value is -2.76. The Kier molecular flexibility index (Phi) is 8.59. The number of benzene rings is 1. The Bertz CT molecular complexity index is 1420. The molecule has 0 spiro atoms. The third-order valence-corrected chi connectivity index (χ3v) is 9.10. The molecule has 12 heteroatoms. The summed E-state index contributed by atoms with van der Waals surface area (Å²) >= 11 is 0. The van der Waals surface area contributed by atoms with Crippen molar-refractivity contribution in [2.75, 3.05) is 17.6 Å². The minimum Gasteiger partial charge on any atom is -0.351 e. The Labute approximate surface area is 228 Å². The molecular weight excluding hydrogens is 531 g/mol. The predicted molar refractivity (Wildman–Crippen MR) is 148 cm³/mol. The van der Waals surface area contributed by atoms with Crippen LogP contribution in [0.5, 0.6) is 0 Å². The van der Waals surface area contributed by atoms with Crippen LogP contribution in [-0.2, 0) is 16.6 Å². The summed E-state index contributed by atoms with van der Waals surface area (Å²) in [6.45, 7) is 5.26. The van der Waals surface area contributed by atoms with Gasteiger partial charge in [0.2, 0.25) is 16.0 Å². The van der Waals surface area contributed by atoms with Gasteiger partial charge >= 0.3 is 5.69 Å². The highest BCUT2D eigenvalue weighted by molar-refractivity contribution is 7.89. The van der Waals surface area contributed by atoms with Crippen molar-refractivity contribution in [1.29, 1.82) is 0 Å².